The van der Waals surface area contributed by atoms with E-state index in [0.717, 1.165) is 29.7 Å². The predicted octanol–water partition coefficient (Wildman–Crippen LogP) is 3.02. The Morgan fingerprint density at radius 2 is 2.04 bits per heavy atom. The Kier molecular flexibility index (Phi) is 4.91. The summed E-state index contributed by atoms with van der Waals surface area (Å²) in [7, 11) is -0.284. The molecule has 146 valence electrons. The molecule has 8 heteroatoms. The van der Waals surface area contributed by atoms with Gasteiger partial charge in [0.05, 0.1) is 23.7 Å². The highest BCUT2D eigenvalue weighted by atomic mass is 32.2. The summed E-state index contributed by atoms with van der Waals surface area (Å²) in [5, 5.41) is 4.17. The second-order valence-corrected chi connectivity index (χ2v) is 8.65. The number of aromatic nitrogens is 3. The van der Waals surface area contributed by atoms with Gasteiger partial charge in [0, 0.05) is 43.8 Å². The van der Waals surface area contributed by atoms with Gasteiger partial charge in [0.15, 0.2) is 0 Å². The third-order valence-corrected chi connectivity index (χ3v) is 7.05. The average molecular weight is 398 g/mol. The topological polar surface area (TPSA) is 77.3 Å². The van der Waals surface area contributed by atoms with E-state index < -0.39 is 10.0 Å². The van der Waals surface area contributed by atoms with E-state index in [-0.39, 0.29) is 10.9 Å². The van der Waals surface area contributed by atoms with Crippen molar-refractivity contribution >= 4 is 10.0 Å². The molecule has 1 aliphatic rings. The summed E-state index contributed by atoms with van der Waals surface area (Å²) in [5.41, 5.74) is 2.57. The van der Waals surface area contributed by atoms with Crippen LogP contribution in [0.4, 0.5) is 0 Å². The number of hydrogen-bond donors (Lipinski definition) is 0. The van der Waals surface area contributed by atoms with E-state index in [1.54, 1.807) is 52.9 Å². The maximum absolute atomic E-state index is 13.4. The lowest BCUT2D eigenvalue weighted by molar-refractivity contribution is 0.394. The standard InChI is InChI=1S/C20H22N4O3S/c1-23-19(9-11-22-23)17-8-7-16(13-20(17)27-2)28(25,26)24-12-4-6-18(24)15-5-3-10-21-14-15/h3,5,7-11,13-14,18H,4,6,12H2,1-2H3. The average Bonchev–Trinajstić information content (AvgIpc) is 3.37. The molecule has 1 aliphatic heterocycles. The van der Waals surface area contributed by atoms with Gasteiger partial charge in [0.25, 0.3) is 0 Å². The van der Waals surface area contributed by atoms with Crippen LogP contribution < -0.4 is 4.74 Å². The van der Waals surface area contributed by atoms with E-state index in [9.17, 15) is 8.42 Å². The van der Waals surface area contributed by atoms with Crippen molar-refractivity contribution in [1.82, 2.24) is 19.1 Å². The Morgan fingerprint density at radius 1 is 1.18 bits per heavy atom. The predicted molar refractivity (Wildman–Crippen MR) is 105 cm³/mol. The van der Waals surface area contributed by atoms with Gasteiger partial charge in [-0.25, -0.2) is 8.42 Å². The second kappa shape index (κ2) is 7.37. The van der Waals surface area contributed by atoms with Gasteiger partial charge < -0.3 is 4.74 Å². The molecule has 0 N–H and O–H groups in total. The first kappa shape index (κ1) is 18.6. The summed E-state index contributed by atoms with van der Waals surface area (Å²) >= 11 is 0. The zero-order chi connectivity index (χ0) is 19.7. The van der Waals surface area contributed by atoms with E-state index in [0.29, 0.717) is 12.3 Å². The van der Waals surface area contributed by atoms with Crippen LogP contribution >= 0.6 is 0 Å². The van der Waals surface area contributed by atoms with Crippen LogP contribution in [0, 0.1) is 0 Å². The molecule has 1 atom stereocenters. The molecule has 0 radical (unpaired) electrons. The molecule has 1 fully saturated rings. The molecule has 1 aromatic carbocycles. The Hall–Kier alpha value is -2.71. The number of sulfonamides is 1. The van der Waals surface area contributed by atoms with Crippen LogP contribution in [0.3, 0.4) is 0 Å². The molecule has 0 bridgehead atoms. The van der Waals surface area contributed by atoms with E-state index in [4.69, 9.17) is 4.74 Å². The SMILES string of the molecule is COc1cc(S(=O)(=O)N2CCCC2c2cccnc2)ccc1-c1ccnn1C. The molecule has 1 saturated heterocycles. The van der Waals surface area contributed by atoms with Gasteiger partial charge in [-0.1, -0.05) is 6.07 Å². The first-order chi connectivity index (χ1) is 13.5. The normalized spacial score (nSPS) is 17.7. The molecule has 3 aromatic rings. The van der Waals surface area contributed by atoms with Gasteiger partial charge in [-0.3, -0.25) is 9.67 Å². The van der Waals surface area contributed by atoms with Crippen LogP contribution in [0.25, 0.3) is 11.3 Å². The number of methoxy groups -OCH3 is 1. The van der Waals surface area contributed by atoms with Gasteiger partial charge >= 0.3 is 0 Å². The summed E-state index contributed by atoms with van der Waals surface area (Å²) in [6, 6.07) is 10.4. The Labute approximate surface area is 164 Å². The molecule has 2 aromatic heterocycles. The number of benzene rings is 1. The lowest BCUT2D eigenvalue weighted by Crippen LogP contribution is -2.30. The fourth-order valence-corrected chi connectivity index (χ4v) is 5.45. The van der Waals surface area contributed by atoms with Crippen LogP contribution in [0.1, 0.15) is 24.4 Å². The summed E-state index contributed by atoms with van der Waals surface area (Å²) in [4.78, 5) is 4.37. The highest BCUT2D eigenvalue weighted by Gasteiger charge is 2.36. The maximum atomic E-state index is 13.4. The fraction of sp³-hybridized carbons (Fsp3) is 0.300. The van der Waals surface area contributed by atoms with Gasteiger partial charge in [-0.05, 0) is 42.7 Å². The van der Waals surface area contributed by atoms with E-state index in [2.05, 4.69) is 10.1 Å². The lowest BCUT2D eigenvalue weighted by Gasteiger charge is -2.24. The van der Waals surface area contributed by atoms with Crippen LogP contribution in [-0.2, 0) is 17.1 Å². The molecule has 0 spiro atoms. The highest BCUT2D eigenvalue weighted by Crippen LogP contribution is 2.38. The smallest absolute Gasteiger partial charge is 0.243 e. The molecule has 3 heterocycles. The van der Waals surface area contributed by atoms with Crippen molar-refractivity contribution in [3.8, 4) is 17.0 Å². The minimum atomic E-state index is -3.66. The quantitative estimate of drug-likeness (QED) is 0.660. The molecule has 0 aliphatic carbocycles. The number of ether oxygens (including phenoxy) is 1. The van der Waals surface area contributed by atoms with Gasteiger partial charge in [-0.2, -0.15) is 9.40 Å². The van der Waals surface area contributed by atoms with Gasteiger partial charge in [0.2, 0.25) is 10.0 Å². The molecule has 7 nitrogen and oxygen atoms in total. The largest absolute Gasteiger partial charge is 0.496 e. The summed E-state index contributed by atoms with van der Waals surface area (Å²) in [5.74, 6) is 0.502. The monoisotopic (exact) mass is 398 g/mol. The molecular weight excluding hydrogens is 376 g/mol. The van der Waals surface area contributed by atoms with Gasteiger partial charge in [-0.15, -0.1) is 0 Å². The van der Waals surface area contributed by atoms with Crippen LogP contribution in [-0.4, -0.2) is 41.1 Å². The number of nitrogens with zero attached hydrogens (tertiary/aromatic N) is 4. The molecule has 1 unspecified atom stereocenters. The fourth-order valence-electron chi connectivity index (χ4n) is 3.75. The van der Waals surface area contributed by atoms with Crippen molar-refractivity contribution in [2.75, 3.05) is 13.7 Å². The first-order valence-corrected chi connectivity index (χ1v) is 10.5. The maximum Gasteiger partial charge on any atom is 0.243 e. The molecule has 0 saturated carbocycles. The second-order valence-electron chi connectivity index (χ2n) is 6.76. The molecular formula is C20H22N4O3S. The number of rotatable bonds is 5. The van der Waals surface area contributed by atoms with E-state index in [1.165, 1.54) is 0 Å². The third kappa shape index (κ3) is 3.18. The Bertz CT molecular complexity index is 1080. The van der Waals surface area contributed by atoms with Crippen molar-refractivity contribution < 1.29 is 13.2 Å². The summed E-state index contributed by atoms with van der Waals surface area (Å²) in [6.07, 6.45) is 6.74. The first-order valence-electron chi connectivity index (χ1n) is 9.10. The number of aryl methyl sites for hydroxylation is 1. The highest BCUT2D eigenvalue weighted by molar-refractivity contribution is 7.89. The van der Waals surface area contributed by atoms with Crippen LogP contribution in [0.5, 0.6) is 5.75 Å². The van der Waals surface area contributed by atoms with Crippen molar-refractivity contribution in [2.45, 2.75) is 23.8 Å². The minimum Gasteiger partial charge on any atom is -0.496 e. The van der Waals surface area contributed by atoms with Crippen molar-refractivity contribution in [3.05, 3.63) is 60.6 Å². The van der Waals surface area contributed by atoms with Crippen LogP contribution in [0.15, 0.2) is 59.9 Å². The van der Waals surface area contributed by atoms with E-state index >= 15 is 0 Å². The molecule has 0 amide bonds. The van der Waals surface area contributed by atoms with Gasteiger partial charge in [0.1, 0.15) is 5.75 Å². The molecule has 4 rings (SSSR count). The number of pyridine rings is 1. The summed E-state index contributed by atoms with van der Waals surface area (Å²) < 4.78 is 35.6. The van der Waals surface area contributed by atoms with E-state index in [1.807, 2.05) is 25.2 Å². The zero-order valence-electron chi connectivity index (χ0n) is 15.8. The van der Waals surface area contributed by atoms with Crippen molar-refractivity contribution in [2.24, 2.45) is 7.05 Å². The Morgan fingerprint density at radius 3 is 2.71 bits per heavy atom. The van der Waals surface area contributed by atoms with Crippen molar-refractivity contribution in [3.63, 3.8) is 0 Å². The third-order valence-electron chi connectivity index (χ3n) is 5.15. The summed E-state index contributed by atoms with van der Waals surface area (Å²) in [6.45, 7) is 0.494. The molecule has 28 heavy (non-hydrogen) atoms. The number of hydrogen-bond acceptors (Lipinski definition) is 5. The van der Waals surface area contributed by atoms with Crippen LogP contribution in [0.2, 0.25) is 0 Å². The lowest BCUT2D eigenvalue weighted by atomic mass is 10.1. The Balaban J connectivity index is 1.72. The van der Waals surface area contributed by atoms with Crippen molar-refractivity contribution in [1.29, 1.82) is 0 Å². The minimum absolute atomic E-state index is 0.193. The zero-order valence-corrected chi connectivity index (χ0v) is 16.6.